The molecule has 0 aromatic carbocycles. The summed E-state index contributed by atoms with van der Waals surface area (Å²) in [7, 11) is 0. The van der Waals surface area contributed by atoms with Gasteiger partial charge in [0.15, 0.2) is 5.84 Å². The van der Waals surface area contributed by atoms with Crippen molar-refractivity contribution >= 4 is 11.7 Å². The monoisotopic (exact) mass is 283 g/mol. The number of nitrogens with one attached hydrogen (secondary N) is 1. The van der Waals surface area contributed by atoms with Crippen molar-refractivity contribution in [2.75, 3.05) is 13.2 Å². The second-order valence-electron chi connectivity index (χ2n) is 5.94. The highest BCUT2D eigenvalue weighted by atomic mass is 16.5. The molecule has 6 heteroatoms. The predicted molar refractivity (Wildman–Crippen MR) is 75.5 cm³/mol. The summed E-state index contributed by atoms with van der Waals surface area (Å²) in [4.78, 5) is 12.7. The number of oxime groups is 1. The zero-order chi connectivity index (χ0) is 14.6. The zero-order valence-electron chi connectivity index (χ0n) is 12.1. The van der Waals surface area contributed by atoms with Gasteiger partial charge < -0.3 is 21.0 Å². The van der Waals surface area contributed by atoms with E-state index in [4.69, 9.17) is 15.7 Å². The van der Waals surface area contributed by atoms with Crippen molar-refractivity contribution in [1.82, 2.24) is 5.32 Å². The Bertz CT molecular complexity index is 374. The third-order valence-corrected chi connectivity index (χ3v) is 4.52. The molecule has 20 heavy (non-hydrogen) atoms. The summed E-state index contributed by atoms with van der Waals surface area (Å²) >= 11 is 0. The van der Waals surface area contributed by atoms with Crippen LogP contribution in [0, 0.1) is 11.3 Å². The predicted octanol–water partition coefficient (Wildman–Crippen LogP) is 1.22. The highest BCUT2D eigenvalue weighted by molar-refractivity contribution is 6.06. The average molecular weight is 283 g/mol. The van der Waals surface area contributed by atoms with Crippen LogP contribution in [-0.2, 0) is 9.53 Å². The van der Waals surface area contributed by atoms with E-state index < -0.39 is 5.41 Å². The molecule has 2 rings (SSSR count). The zero-order valence-corrected chi connectivity index (χ0v) is 12.1. The van der Waals surface area contributed by atoms with Crippen LogP contribution >= 0.6 is 0 Å². The van der Waals surface area contributed by atoms with Crippen LogP contribution in [0.3, 0.4) is 0 Å². The van der Waals surface area contributed by atoms with Gasteiger partial charge in [-0.2, -0.15) is 0 Å². The van der Waals surface area contributed by atoms with Gasteiger partial charge >= 0.3 is 0 Å². The normalized spacial score (nSPS) is 24.1. The van der Waals surface area contributed by atoms with Gasteiger partial charge in [-0.15, -0.1) is 0 Å². The first-order valence-electron chi connectivity index (χ1n) is 7.49. The van der Waals surface area contributed by atoms with Crippen LogP contribution in [0.4, 0.5) is 0 Å². The summed E-state index contributed by atoms with van der Waals surface area (Å²) in [6, 6.07) is 0.182. The van der Waals surface area contributed by atoms with Gasteiger partial charge in [0.1, 0.15) is 5.41 Å². The topological polar surface area (TPSA) is 96.9 Å². The molecule has 1 atom stereocenters. The Kier molecular flexibility index (Phi) is 4.86. The van der Waals surface area contributed by atoms with Crippen molar-refractivity contribution in [3.8, 4) is 0 Å². The third-order valence-electron chi connectivity index (χ3n) is 4.52. The van der Waals surface area contributed by atoms with Gasteiger partial charge in [0.25, 0.3) is 0 Å². The minimum Gasteiger partial charge on any atom is -0.409 e. The van der Waals surface area contributed by atoms with E-state index >= 15 is 0 Å². The molecule has 0 bridgehead atoms. The van der Waals surface area contributed by atoms with E-state index in [1.165, 1.54) is 12.8 Å². The molecule has 1 amide bonds. The van der Waals surface area contributed by atoms with Gasteiger partial charge in [-0.3, -0.25) is 4.79 Å². The summed E-state index contributed by atoms with van der Waals surface area (Å²) in [5.74, 6) is 0.637. The molecule has 2 aliphatic rings. The molecule has 2 fully saturated rings. The van der Waals surface area contributed by atoms with E-state index in [1.54, 1.807) is 0 Å². The summed E-state index contributed by atoms with van der Waals surface area (Å²) in [6.45, 7) is 3.00. The van der Waals surface area contributed by atoms with Crippen molar-refractivity contribution in [2.24, 2.45) is 22.2 Å². The Morgan fingerprint density at radius 2 is 2.15 bits per heavy atom. The molecule has 1 aliphatic heterocycles. The molecule has 4 N–H and O–H groups in total. The van der Waals surface area contributed by atoms with Gasteiger partial charge in [0.05, 0.1) is 0 Å². The van der Waals surface area contributed by atoms with E-state index in [0.717, 1.165) is 18.8 Å². The third kappa shape index (κ3) is 3.23. The largest absolute Gasteiger partial charge is 0.409 e. The van der Waals surface area contributed by atoms with Crippen LogP contribution in [0.1, 0.15) is 45.4 Å². The van der Waals surface area contributed by atoms with Crippen LogP contribution in [0.2, 0.25) is 0 Å². The summed E-state index contributed by atoms with van der Waals surface area (Å²) in [5.41, 5.74) is 4.89. The van der Waals surface area contributed by atoms with Crippen molar-refractivity contribution in [2.45, 2.75) is 51.5 Å². The lowest BCUT2D eigenvalue weighted by Gasteiger charge is -2.35. The number of amidine groups is 1. The summed E-state index contributed by atoms with van der Waals surface area (Å²) < 4.78 is 5.30. The number of carbonyl (C=O) groups is 1. The summed E-state index contributed by atoms with van der Waals surface area (Å²) in [6.07, 6.45) is 5.41. The number of amides is 1. The quantitative estimate of drug-likeness (QED) is 0.295. The fraction of sp³-hybridized carbons (Fsp3) is 0.857. The molecule has 1 unspecified atom stereocenters. The van der Waals surface area contributed by atoms with Gasteiger partial charge in [-0.05, 0) is 31.6 Å². The molecule has 0 spiro atoms. The number of nitrogens with zero attached hydrogens (tertiary/aromatic N) is 1. The standard InChI is InChI=1S/C14H25N3O3/c1-2-11(9-10-3-4-10)16-13(18)14(12(15)17-19)5-7-20-8-6-14/h10-11,19H,2-9H2,1H3,(H2,15,17)(H,16,18). The van der Waals surface area contributed by atoms with Gasteiger partial charge in [-0.25, -0.2) is 0 Å². The summed E-state index contributed by atoms with van der Waals surface area (Å²) in [5, 5.41) is 15.2. The van der Waals surface area contributed by atoms with E-state index in [-0.39, 0.29) is 17.8 Å². The molecule has 0 aromatic heterocycles. The minimum atomic E-state index is -0.913. The SMILES string of the molecule is CCC(CC1CC1)NC(=O)C1(C(N)=NO)CCOCC1. The fourth-order valence-corrected chi connectivity index (χ4v) is 2.82. The number of carbonyl (C=O) groups excluding carboxylic acids is 1. The lowest BCUT2D eigenvalue weighted by atomic mass is 9.77. The molecule has 0 aromatic rings. The molecular formula is C14H25N3O3. The molecule has 114 valence electrons. The first kappa shape index (κ1) is 15.1. The molecular weight excluding hydrogens is 258 g/mol. The average Bonchev–Trinajstić information content (AvgIpc) is 3.30. The second-order valence-corrected chi connectivity index (χ2v) is 5.94. The van der Waals surface area contributed by atoms with Gasteiger partial charge in [0.2, 0.25) is 5.91 Å². The van der Waals surface area contributed by atoms with Crippen molar-refractivity contribution in [3.63, 3.8) is 0 Å². The number of hydrogen-bond acceptors (Lipinski definition) is 4. The Morgan fingerprint density at radius 3 is 2.65 bits per heavy atom. The fourth-order valence-electron chi connectivity index (χ4n) is 2.82. The Hall–Kier alpha value is -1.30. The first-order valence-corrected chi connectivity index (χ1v) is 7.49. The molecule has 1 saturated heterocycles. The lowest BCUT2D eigenvalue weighted by molar-refractivity contribution is -0.132. The van der Waals surface area contributed by atoms with Crippen molar-refractivity contribution < 1.29 is 14.7 Å². The highest BCUT2D eigenvalue weighted by Crippen LogP contribution is 2.35. The van der Waals surface area contributed by atoms with Crippen molar-refractivity contribution in [3.05, 3.63) is 0 Å². The van der Waals surface area contributed by atoms with Crippen molar-refractivity contribution in [1.29, 1.82) is 0 Å². The number of ether oxygens (including phenoxy) is 1. The Balaban J connectivity index is 2.05. The Morgan fingerprint density at radius 1 is 1.50 bits per heavy atom. The van der Waals surface area contributed by atoms with E-state index in [9.17, 15) is 4.79 Å². The van der Waals surface area contributed by atoms with Crippen LogP contribution in [0.25, 0.3) is 0 Å². The maximum absolute atomic E-state index is 12.7. The van der Waals surface area contributed by atoms with E-state index in [1.807, 2.05) is 0 Å². The smallest absolute Gasteiger partial charge is 0.234 e. The lowest BCUT2D eigenvalue weighted by Crippen LogP contribution is -2.54. The van der Waals surface area contributed by atoms with Crippen LogP contribution in [-0.4, -0.2) is 36.2 Å². The van der Waals surface area contributed by atoms with Crippen LogP contribution < -0.4 is 11.1 Å². The van der Waals surface area contributed by atoms with Crippen LogP contribution in [0.5, 0.6) is 0 Å². The Labute approximate surface area is 119 Å². The van der Waals surface area contributed by atoms with E-state index in [0.29, 0.717) is 26.1 Å². The maximum Gasteiger partial charge on any atom is 0.234 e. The number of nitrogens with two attached hydrogens (primary N) is 1. The molecule has 1 heterocycles. The molecule has 6 nitrogen and oxygen atoms in total. The molecule has 0 radical (unpaired) electrons. The number of rotatable bonds is 6. The highest BCUT2D eigenvalue weighted by Gasteiger charge is 2.45. The van der Waals surface area contributed by atoms with Crippen LogP contribution in [0.15, 0.2) is 5.16 Å². The molecule has 1 aliphatic carbocycles. The first-order chi connectivity index (χ1) is 9.62. The van der Waals surface area contributed by atoms with Gasteiger partial charge in [0, 0.05) is 19.3 Å². The van der Waals surface area contributed by atoms with Gasteiger partial charge in [-0.1, -0.05) is 24.9 Å². The second kappa shape index (κ2) is 6.43. The maximum atomic E-state index is 12.7. The minimum absolute atomic E-state index is 0.000394. The molecule has 1 saturated carbocycles. The number of hydrogen-bond donors (Lipinski definition) is 3. The van der Waals surface area contributed by atoms with E-state index in [2.05, 4.69) is 17.4 Å².